The van der Waals surface area contributed by atoms with Crippen LogP contribution in [-0.4, -0.2) is 12.8 Å². The summed E-state index contributed by atoms with van der Waals surface area (Å²) in [5, 5.41) is 7.12. The Bertz CT molecular complexity index is 899. The molecule has 1 atom stereocenters. The number of rotatable bonds is 4. The Morgan fingerprint density at radius 2 is 1.58 bits per heavy atom. The van der Waals surface area contributed by atoms with Crippen LogP contribution in [0, 0.1) is 6.92 Å². The van der Waals surface area contributed by atoms with Crippen molar-refractivity contribution in [3.63, 3.8) is 0 Å². The lowest BCUT2D eigenvalue weighted by Gasteiger charge is -2.24. The molecule has 3 aromatic rings. The van der Waals surface area contributed by atoms with Crippen LogP contribution in [0.4, 0.5) is 5.69 Å². The van der Waals surface area contributed by atoms with Crippen molar-refractivity contribution in [2.75, 3.05) is 12.1 Å². The Morgan fingerprint density at radius 1 is 0.885 bits per heavy atom. The predicted octanol–water partition coefficient (Wildman–Crippen LogP) is 5.36. The van der Waals surface area contributed by atoms with Crippen molar-refractivity contribution in [3.8, 4) is 5.75 Å². The van der Waals surface area contributed by atoms with Crippen molar-refractivity contribution in [1.29, 1.82) is 0 Å². The number of hydrogen-bond donors (Lipinski definition) is 0. The van der Waals surface area contributed by atoms with Crippen LogP contribution in [-0.2, 0) is 0 Å². The van der Waals surface area contributed by atoms with Gasteiger partial charge >= 0.3 is 0 Å². The molecule has 0 bridgehead atoms. The lowest BCUT2D eigenvalue weighted by atomic mass is 9.97. The van der Waals surface area contributed by atoms with Gasteiger partial charge in [0.1, 0.15) is 5.75 Å². The van der Waals surface area contributed by atoms with Gasteiger partial charge in [0.15, 0.2) is 0 Å². The van der Waals surface area contributed by atoms with Crippen LogP contribution < -0.4 is 9.75 Å². The van der Waals surface area contributed by atoms with Crippen molar-refractivity contribution in [2.45, 2.75) is 19.4 Å². The monoisotopic (exact) mass is 342 g/mol. The molecule has 130 valence electrons. The number of ether oxygens (including phenoxy) is 1. The molecule has 3 aromatic carbocycles. The van der Waals surface area contributed by atoms with Crippen molar-refractivity contribution >= 4 is 11.4 Å². The van der Waals surface area contributed by atoms with Gasteiger partial charge in [0.2, 0.25) is 0 Å². The fourth-order valence-electron chi connectivity index (χ4n) is 3.34. The zero-order valence-electron chi connectivity index (χ0n) is 15.1. The molecule has 0 N–H and O–H groups in total. The zero-order valence-corrected chi connectivity index (χ0v) is 15.1. The van der Waals surface area contributed by atoms with E-state index in [0.717, 1.165) is 29.1 Å². The van der Waals surface area contributed by atoms with Crippen molar-refractivity contribution in [1.82, 2.24) is 0 Å². The summed E-state index contributed by atoms with van der Waals surface area (Å²) in [6, 6.07) is 27.5. The lowest BCUT2D eigenvalue weighted by molar-refractivity contribution is 0.415. The first-order valence-electron chi connectivity index (χ1n) is 8.87. The molecule has 4 rings (SSSR count). The summed E-state index contributed by atoms with van der Waals surface area (Å²) in [5.74, 6) is 0.863. The van der Waals surface area contributed by atoms with E-state index in [1.807, 2.05) is 18.2 Å². The second kappa shape index (κ2) is 7.04. The van der Waals surface area contributed by atoms with E-state index < -0.39 is 0 Å². The molecule has 0 amide bonds. The van der Waals surface area contributed by atoms with Crippen molar-refractivity contribution in [3.05, 3.63) is 95.6 Å². The molecule has 0 radical (unpaired) electrons. The molecule has 1 aliphatic rings. The van der Waals surface area contributed by atoms with E-state index in [-0.39, 0.29) is 6.04 Å². The van der Waals surface area contributed by atoms with Gasteiger partial charge in [0.05, 0.1) is 24.6 Å². The fraction of sp³-hybridized carbons (Fsp3) is 0.174. The van der Waals surface area contributed by atoms with E-state index in [9.17, 15) is 0 Å². The predicted molar refractivity (Wildman–Crippen MR) is 107 cm³/mol. The van der Waals surface area contributed by atoms with Gasteiger partial charge in [-0.1, -0.05) is 48.0 Å². The molecular weight excluding hydrogens is 320 g/mol. The molecule has 0 fully saturated rings. The first-order chi connectivity index (χ1) is 12.7. The quantitative estimate of drug-likeness (QED) is 0.637. The topological polar surface area (TPSA) is 24.8 Å². The molecule has 1 unspecified atom stereocenters. The maximum atomic E-state index is 5.27. The molecule has 3 heteroatoms. The number of hydrazone groups is 1. The summed E-state index contributed by atoms with van der Waals surface area (Å²) < 4.78 is 5.27. The van der Waals surface area contributed by atoms with Crippen LogP contribution in [0.5, 0.6) is 5.75 Å². The number of aryl methyl sites for hydroxylation is 1. The zero-order chi connectivity index (χ0) is 17.9. The average Bonchev–Trinajstić information content (AvgIpc) is 3.15. The van der Waals surface area contributed by atoms with Gasteiger partial charge in [-0.3, -0.25) is 5.01 Å². The normalized spacial score (nSPS) is 16.5. The number of benzene rings is 3. The van der Waals surface area contributed by atoms with E-state index >= 15 is 0 Å². The Labute approximate surface area is 154 Å². The summed E-state index contributed by atoms with van der Waals surface area (Å²) in [7, 11) is 1.69. The standard InChI is InChI=1S/C23H22N2O/c1-17-8-10-19(11-9-17)23-16-22(18-12-14-21(26-2)15-13-18)24-25(23)20-6-4-3-5-7-20/h3-15,23H,16H2,1-2H3. The van der Waals surface area contributed by atoms with Gasteiger partial charge < -0.3 is 4.74 Å². The Balaban J connectivity index is 1.71. The minimum absolute atomic E-state index is 0.204. The second-order valence-corrected chi connectivity index (χ2v) is 6.59. The third kappa shape index (κ3) is 3.21. The van der Waals surface area contributed by atoms with E-state index in [1.165, 1.54) is 11.1 Å². The number of hydrogen-bond acceptors (Lipinski definition) is 3. The number of methoxy groups -OCH3 is 1. The summed E-state index contributed by atoms with van der Waals surface area (Å²) in [4.78, 5) is 0. The first-order valence-corrected chi connectivity index (χ1v) is 8.87. The molecule has 26 heavy (non-hydrogen) atoms. The highest BCUT2D eigenvalue weighted by molar-refractivity contribution is 6.03. The largest absolute Gasteiger partial charge is 0.497 e. The highest BCUT2D eigenvalue weighted by atomic mass is 16.5. The summed E-state index contributed by atoms with van der Waals surface area (Å²) in [6.07, 6.45) is 0.879. The van der Waals surface area contributed by atoms with Crippen LogP contribution in [0.25, 0.3) is 0 Å². The average molecular weight is 342 g/mol. The third-order valence-electron chi connectivity index (χ3n) is 4.82. The van der Waals surface area contributed by atoms with Crippen LogP contribution in [0.2, 0.25) is 0 Å². The van der Waals surface area contributed by atoms with E-state index in [0.29, 0.717) is 0 Å². The summed E-state index contributed by atoms with van der Waals surface area (Å²) in [6.45, 7) is 2.12. The summed E-state index contributed by atoms with van der Waals surface area (Å²) >= 11 is 0. The molecule has 3 nitrogen and oxygen atoms in total. The van der Waals surface area contributed by atoms with Gasteiger partial charge in [-0.2, -0.15) is 5.10 Å². The minimum Gasteiger partial charge on any atom is -0.497 e. The maximum Gasteiger partial charge on any atom is 0.118 e. The Morgan fingerprint density at radius 3 is 2.23 bits per heavy atom. The van der Waals surface area contributed by atoms with Crippen LogP contribution in [0.1, 0.15) is 29.2 Å². The van der Waals surface area contributed by atoms with Gasteiger partial charge in [-0.05, 0) is 54.4 Å². The lowest BCUT2D eigenvalue weighted by Crippen LogP contribution is -2.18. The van der Waals surface area contributed by atoms with E-state index in [4.69, 9.17) is 9.84 Å². The number of para-hydroxylation sites is 1. The molecule has 0 spiro atoms. The molecule has 0 saturated carbocycles. The fourth-order valence-corrected chi connectivity index (χ4v) is 3.34. The molecular formula is C23H22N2O. The van der Waals surface area contributed by atoms with Gasteiger partial charge in [-0.15, -0.1) is 0 Å². The van der Waals surface area contributed by atoms with E-state index in [2.05, 4.69) is 72.6 Å². The number of anilines is 1. The maximum absolute atomic E-state index is 5.27. The molecule has 1 heterocycles. The third-order valence-corrected chi connectivity index (χ3v) is 4.82. The van der Waals surface area contributed by atoms with Crippen molar-refractivity contribution in [2.24, 2.45) is 5.10 Å². The van der Waals surface area contributed by atoms with Crippen LogP contribution in [0.15, 0.2) is 84.0 Å². The SMILES string of the molecule is COc1ccc(C2=NN(c3ccccc3)C(c3ccc(C)cc3)C2)cc1. The number of nitrogens with zero attached hydrogens (tertiary/aromatic N) is 2. The molecule has 0 aliphatic carbocycles. The van der Waals surface area contributed by atoms with Gasteiger partial charge in [0, 0.05) is 6.42 Å². The second-order valence-electron chi connectivity index (χ2n) is 6.59. The van der Waals surface area contributed by atoms with E-state index in [1.54, 1.807) is 7.11 Å². The Hall–Kier alpha value is -3.07. The van der Waals surface area contributed by atoms with Crippen molar-refractivity contribution < 1.29 is 4.74 Å². The smallest absolute Gasteiger partial charge is 0.118 e. The first kappa shape index (κ1) is 16.4. The Kier molecular flexibility index (Phi) is 4.44. The molecule has 0 aromatic heterocycles. The minimum atomic E-state index is 0.204. The highest BCUT2D eigenvalue weighted by Gasteiger charge is 2.29. The van der Waals surface area contributed by atoms with Gasteiger partial charge in [0.25, 0.3) is 0 Å². The van der Waals surface area contributed by atoms with Gasteiger partial charge in [-0.25, -0.2) is 0 Å². The molecule has 1 aliphatic heterocycles. The van der Waals surface area contributed by atoms with Crippen LogP contribution >= 0.6 is 0 Å². The summed E-state index contributed by atoms with van der Waals surface area (Å²) in [5.41, 5.74) is 5.91. The van der Waals surface area contributed by atoms with Crippen LogP contribution in [0.3, 0.4) is 0 Å². The highest BCUT2D eigenvalue weighted by Crippen LogP contribution is 2.36. The molecule has 0 saturated heterocycles.